The lowest BCUT2D eigenvalue weighted by Gasteiger charge is -2.26. The van der Waals surface area contributed by atoms with E-state index in [1.807, 2.05) is 6.20 Å². The Kier molecular flexibility index (Phi) is 2.10. The Hall–Kier alpha value is -0.850. The van der Waals surface area contributed by atoms with Crippen LogP contribution in [-0.2, 0) is 6.42 Å². The summed E-state index contributed by atoms with van der Waals surface area (Å²) in [5, 5.41) is 0. The predicted molar refractivity (Wildman–Crippen MR) is 54.9 cm³/mol. The molecular formula is C12H17N. The highest BCUT2D eigenvalue weighted by atomic mass is 14.7. The molecule has 0 aromatic carbocycles. The third-order valence-electron chi connectivity index (χ3n) is 2.93. The van der Waals surface area contributed by atoms with Gasteiger partial charge in [0.2, 0.25) is 0 Å². The molecule has 2 rings (SSSR count). The maximum absolute atomic E-state index is 4.53. The molecule has 2 unspecified atom stereocenters. The van der Waals surface area contributed by atoms with Crippen molar-refractivity contribution >= 4 is 0 Å². The summed E-state index contributed by atoms with van der Waals surface area (Å²) in [5.41, 5.74) is 4.11. The molecule has 70 valence electrons. The SMILES string of the molecule is Cc1cnc2c(c1)CC(C)CC2C. The lowest BCUT2D eigenvalue weighted by atomic mass is 9.81. The van der Waals surface area contributed by atoms with Crippen LogP contribution in [0.1, 0.15) is 43.0 Å². The third-order valence-corrected chi connectivity index (χ3v) is 2.93. The highest BCUT2D eigenvalue weighted by molar-refractivity contribution is 5.29. The van der Waals surface area contributed by atoms with Gasteiger partial charge in [-0.3, -0.25) is 4.98 Å². The minimum absolute atomic E-state index is 0.652. The van der Waals surface area contributed by atoms with E-state index in [4.69, 9.17) is 0 Å². The lowest BCUT2D eigenvalue weighted by Crippen LogP contribution is -2.16. The summed E-state index contributed by atoms with van der Waals surface area (Å²) in [7, 11) is 0. The van der Waals surface area contributed by atoms with Crippen molar-refractivity contribution in [3.05, 3.63) is 29.1 Å². The number of pyridine rings is 1. The summed E-state index contributed by atoms with van der Waals surface area (Å²) in [4.78, 5) is 4.53. The second kappa shape index (κ2) is 3.13. The Morgan fingerprint density at radius 3 is 2.92 bits per heavy atom. The third kappa shape index (κ3) is 1.60. The zero-order valence-corrected chi connectivity index (χ0v) is 8.67. The Balaban J connectivity index is 2.43. The van der Waals surface area contributed by atoms with Gasteiger partial charge in [0.25, 0.3) is 0 Å². The van der Waals surface area contributed by atoms with Gasteiger partial charge in [-0.05, 0) is 42.7 Å². The maximum Gasteiger partial charge on any atom is 0.0464 e. The monoisotopic (exact) mass is 175 g/mol. The van der Waals surface area contributed by atoms with Crippen LogP contribution in [0.2, 0.25) is 0 Å². The Labute approximate surface area is 80.2 Å². The van der Waals surface area contributed by atoms with Crippen molar-refractivity contribution < 1.29 is 0 Å². The number of nitrogens with zero attached hydrogens (tertiary/aromatic N) is 1. The molecule has 1 aliphatic carbocycles. The van der Waals surface area contributed by atoms with Gasteiger partial charge < -0.3 is 0 Å². The van der Waals surface area contributed by atoms with Crippen LogP contribution < -0.4 is 0 Å². The van der Waals surface area contributed by atoms with Crippen molar-refractivity contribution in [2.24, 2.45) is 5.92 Å². The zero-order valence-electron chi connectivity index (χ0n) is 8.67. The van der Waals surface area contributed by atoms with E-state index >= 15 is 0 Å². The molecule has 0 N–H and O–H groups in total. The van der Waals surface area contributed by atoms with E-state index in [2.05, 4.69) is 31.8 Å². The highest BCUT2D eigenvalue weighted by Gasteiger charge is 2.22. The molecule has 1 aromatic heterocycles. The lowest BCUT2D eigenvalue weighted by molar-refractivity contribution is 0.441. The van der Waals surface area contributed by atoms with Crippen molar-refractivity contribution in [3.8, 4) is 0 Å². The van der Waals surface area contributed by atoms with Gasteiger partial charge in [-0.15, -0.1) is 0 Å². The maximum atomic E-state index is 4.53. The number of hydrogen-bond donors (Lipinski definition) is 0. The van der Waals surface area contributed by atoms with Gasteiger partial charge >= 0.3 is 0 Å². The molecule has 1 heterocycles. The first kappa shape index (κ1) is 8.74. The fourth-order valence-corrected chi connectivity index (χ4v) is 2.42. The van der Waals surface area contributed by atoms with Gasteiger partial charge in [0.1, 0.15) is 0 Å². The first-order valence-corrected chi connectivity index (χ1v) is 5.12. The fourth-order valence-electron chi connectivity index (χ4n) is 2.42. The molecule has 0 radical (unpaired) electrons. The zero-order chi connectivity index (χ0) is 9.42. The smallest absolute Gasteiger partial charge is 0.0464 e. The Morgan fingerprint density at radius 2 is 2.15 bits per heavy atom. The van der Waals surface area contributed by atoms with E-state index in [0.29, 0.717) is 5.92 Å². The summed E-state index contributed by atoms with van der Waals surface area (Å²) in [5.74, 6) is 1.48. The van der Waals surface area contributed by atoms with E-state index in [1.54, 1.807) is 0 Å². The van der Waals surface area contributed by atoms with Crippen LogP contribution in [0, 0.1) is 12.8 Å². The number of aromatic nitrogens is 1. The molecule has 0 saturated carbocycles. The van der Waals surface area contributed by atoms with Gasteiger partial charge in [-0.2, -0.15) is 0 Å². The largest absolute Gasteiger partial charge is 0.260 e. The van der Waals surface area contributed by atoms with Crippen molar-refractivity contribution in [2.75, 3.05) is 0 Å². The molecule has 0 amide bonds. The van der Waals surface area contributed by atoms with E-state index in [0.717, 1.165) is 5.92 Å². The first-order valence-electron chi connectivity index (χ1n) is 5.12. The molecule has 0 spiro atoms. The quantitative estimate of drug-likeness (QED) is 0.590. The summed E-state index contributed by atoms with van der Waals surface area (Å²) in [6, 6.07) is 2.30. The minimum Gasteiger partial charge on any atom is -0.260 e. The normalized spacial score (nSPS) is 27.0. The van der Waals surface area contributed by atoms with Crippen LogP contribution in [0.4, 0.5) is 0 Å². The van der Waals surface area contributed by atoms with Gasteiger partial charge in [0.05, 0.1) is 0 Å². The van der Waals surface area contributed by atoms with Gasteiger partial charge in [0, 0.05) is 11.9 Å². The van der Waals surface area contributed by atoms with Crippen LogP contribution in [-0.4, -0.2) is 4.98 Å². The summed E-state index contributed by atoms with van der Waals surface area (Å²) in [6.07, 6.45) is 4.50. The van der Waals surface area contributed by atoms with Gasteiger partial charge in [-0.25, -0.2) is 0 Å². The molecule has 1 aromatic rings. The molecule has 0 saturated heterocycles. The number of hydrogen-bond acceptors (Lipinski definition) is 1. The molecule has 0 aliphatic heterocycles. The molecule has 1 aliphatic rings. The standard InChI is InChI=1S/C12H17N/c1-8-4-10(3)12-11(5-8)6-9(2)7-13-12/h6-8,10H,4-5H2,1-3H3. The Bertz CT molecular complexity index is 317. The predicted octanol–water partition coefficient (Wildman–Crippen LogP) is 3.08. The van der Waals surface area contributed by atoms with Crippen LogP contribution in [0.5, 0.6) is 0 Å². The second-order valence-electron chi connectivity index (χ2n) is 4.50. The topological polar surface area (TPSA) is 12.9 Å². The molecule has 0 fully saturated rings. The molecule has 1 nitrogen and oxygen atoms in total. The van der Waals surface area contributed by atoms with E-state index in [1.165, 1.54) is 29.7 Å². The first-order chi connectivity index (χ1) is 6.16. The minimum atomic E-state index is 0.652. The van der Waals surface area contributed by atoms with Crippen molar-refractivity contribution in [3.63, 3.8) is 0 Å². The molecular weight excluding hydrogens is 158 g/mol. The van der Waals surface area contributed by atoms with Crippen LogP contribution in [0.25, 0.3) is 0 Å². The summed E-state index contributed by atoms with van der Waals surface area (Å²) >= 11 is 0. The fraction of sp³-hybridized carbons (Fsp3) is 0.583. The Morgan fingerprint density at radius 1 is 1.38 bits per heavy atom. The molecule has 1 heteroatoms. The average molecular weight is 175 g/mol. The van der Waals surface area contributed by atoms with Gasteiger partial charge in [0.15, 0.2) is 0 Å². The summed E-state index contributed by atoms with van der Waals surface area (Å²) < 4.78 is 0. The molecule has 0 bridgehead atoms. The average Bonchev–Trinajstić information content (AvgIpc) is 2.02. The van der Waals surface area contributed by atoms with E-state index < -0.39 is 0 Å². The number of rotatable bonds is 0. The van der Waals surface area contributed by atoms with Crippen molar-refractivity contribution in [1.82, 2.24) is 4.98 Å². The van der Waals surface area contributed by atoms with Gasteiger partial charge in [-0.1, -0.05) is 19.9 Å². The van der Waals surface area contributed by atoms with Crippen molar-refractivity contribution in [2.45, 2.75) is 39.5 Å². The van der Waals surface area contributed by atoms with Crippen LogP contribution in [0.3, 0.4) is 0 Å². The van der Waals surface area contributed by atoms with E-state index in [9.17, 15) is 0 Å². The number of fused-ring (bicyclic) bond motifs is 1. The molecule has 2 atom stereocenters. The van der Waals surface area contributed by atoms with Crippen molar-refractivity contribution in [1.29, 1.82) is 0 Å². The van der Waals surface area contributed by atoms with Crippen LogP contribution >= 0.6 is 0 Å². The second-order valence-corrected chi connectivity index (χ2v) is 4.50. The molecule has 13 heavy (non-hydrogen) atoms. The summed E-state index contributed by atoms with van der Waals surface area (Å²) in [6.45, 7) is 6.75. The highest BCUT2D eigenvalue weighted by Crippen LogP contribution is 2.32. The van der Waals surface area contributed by atoms with Crippen LogP contribution in [0.15, 0.2) is 12.3 Å². The van der Waals surface area contributed by atoms with E-state index in [-0.39, 0.29) is 0 Å². The number of aryl methyl sites for hydroxylation is 1.